The van der Waals surface area contributed by atoms with Crippen molar-refractivity contribution < 1.29 is 19.1 Å². The maximum absolute atomic E-state index is 13.0. The summed E-state index contributed by atoms with van der Waals surface area (Å²) in [5, 5.41) is 0. The quantitative estimate of drug-likeness (QED) is 0.0356. The van der Waals surface area contributed by atoms with Gasteiger partial charge in [-0.05, 0) is 25.7 Å². The van der Waals surface area contributed by atoms with Crippen molar-refractivity contribution in [2.24, 2.45) is 0 Å². The summed E-state index contributed by atoms with van der Waals surface area (Å²) in [6, 6.07) is 0. The Bertz CT molecular complexity index is 759. The lowest BCUT2D eigenvalue weighted by Gasteiger charge is -2.10. The number of ether oxygens (including phenoxy) is 2. The van der Waals surface area contributed by atoms with Gasteiger partial charge in [0.1, 0.15) is 0 Å². The number of hydrogen-bond donors (Lipinski definition) is 0. The van der Waals surface area contributed by atoms with Crippen molar-refractivity contribution in [2.75, 3.05) is 13.2 Å². The molecule has 0 radical (unpaired) electrons. The molecule has 0 aromatic heterocycles. The zero-order chi connectivity index (χ0) is 37.8. The Morgan fingerprint density at radius 1 is 0.327 bits per heavy atom. The van der Waals surface area contributed by atoms with Gasteiger partial charge >= 0.3 is 11.9 Å². The summed E-state index contributed by atoms with van der Waals surface area (Å²) in [4.78, 5) is 25.7. The predicted molar refractivity (Wildman–Crippen MR) is 227 cm³/mol. The van der Waals surface area contributed by atoms with Crippen LogP contribution in [0.3, 0.4) is 0 Å². The van der Waals surface area contributed by atoms with E-state index in [9.17, 15) is 9.59 Å². The lowest BCUT2D eigenvalue weighted by atomic mass is 10.0. The van der Waals surface area contributed by atoms with Crippen LogP contribution < -0.4 is 0 Å². The Morgan fingerprint density at radius 3 is 0.885 bits per heavy atom. The minimum Gasteiger partial charge on any atom is -0.463 e. The molecule has 0 N–H and O–H groups in total. The number of carbonyl (C=O) groups is 2. The van der Waals surface area contributed by atoms with Crippen LogP contribution in [0.25, 0.3) is 0 Å². The summed E-state index contributed by atoms with van der Waals surface area (Å²) in [7, 11) is 0. The second-order valence-electron chi connectivity index (χ2n) is 16.1. The number of hydrogen-bond acceptors (Lipinski definition) is 4. The van der Waals surface area contributed by atoms with Gasteiger partial charge < -0.3 is 9.47 Å². The molecule has 4 nitrogen and oxygen atoms in total. The second kappa shape index (κ2) is 44.1. The SMILES string of the molecule is CCCCCCCCCCCCCCCCOC(=O)/C=C(\CCCCCCCCCCCC)C(=O)OCCCCCCCCCCCCCCCC. The molecule has 0 aromatic rings. The number of esters is 2. The molecule has 0 amide bonds. The maximum atomic E-state index is 13.0. The molecule has 0 aliphatic rings. The minimum absolute atomic E-state index is 0.320. The van der Waals surface area contributed by atoms with E-state index in [0.29, 0.717) is 25.2 Å². The molecule has 0 saturated carbocycles. The third kappa shape index (κ3) is 39.9. The van der Waals surface area contributed by atoms with Crippen LogP contribution in [-0.4, -0.2) is 25.2 Å². The van der Waals surface area contributed by atoms with Crippen molar-refractivity contribution in [1.82, 2.24) is 0 Å². The Labute approximate surface area is 326 Å². The summed E-state index contributed by atoms with van der Waals surface area (Å²) in [5.41, 5.74) is 0.496. The Hall–Kier alpha value is -1.32. The first-order chi connectivity index (χ1) is 25.7. The van der Waals surface area contributed by atoms with Gasteiger partial charge in [0.2, 0.25) is 0 Å². The molecule has 0 bridgehead atoms. The van der Waals surface area contributed by atoms with Crippen molar-refractivity contribution in [3.63, 3.8) is 0 Å². The molecular formula is C48H92O4. The molecule has 308 valence electrons. The second-order valence-corrected chi connectivity index (χ2v) is 16.1. The van der Waals surface area contributed by atoms with Gasteiger partial charge in [0, 0.05) is 11.6 Å². The molecule has 0 aromatic carbocycles. The van der Waals surface area contributed by atoms with Gasteiger partial charge in [0.15, 0.2) is 0 Å². The van der Waals surface area contributed by atoms with Gasteiger partial charge in [-0.1, -0.05) is 245 Å². The molecule has 0 unspecified atom stereocenters. The topological polar surface area (TPSA) is 52.6 Å². The van der Waals surface area contributed by atoms with Gasteiger partial charge in [0.05, 0.1) is 13.2 Å². The molecule has 0 heterocycles. The van der Waals surface area contributed by atoms with Crippen LogP contribution >= 0.6 is 0 Å². The van der Waals surface area contributed by atoms with Gasteiger partial charge in [-0.2, -0.15) is 0 Å². The van der Waals surface area contributed by atoms with E-state index in [1.54, 1.807) is 0 Å². The van der Waals surface area contributed by atoms with E-state index in [1.807, 2.05) is 0 Å². The van der Waals surface area contributed by atoms with E-state index in [0.717, 1.165) is 38.5 Å². The number of rotatable bonds is 43. The molecule has 4 heteroatoms. The molecule has 0 aliphatic carbocycles. The van der Waals surface area contributed by atoms with E-state index in [-0.39, 0.29) is 11.9 Å². The zero-order valence-corrected chi connectivity index (χ0v) is 35.7. The highest BCUT2D eigenvalue weighted by Crippen LogP contribution is 2.17. The molecule has 0 atom stereocenters. The maximum Gasteiger partial charge on any atom is 0.334 e. The highest BCUT2D eigenvalue weighted by atomic mass is 16.5. The first kappa shape index (κ1) is 50.7. The lowest BCUT2D eigenvalue weighted by molar-refractivity contribution is -0.141. The van der Waals surface area contributed by atoms with Crippen LogP contribution in [0.5, 0.6) is 0 Å². The first-order valence-corrected chi connectivity index (χ1v) is 23.7. The van der Waals surface area contributed by atoms with E-state index >= 15 is 0 Å². The largest absolute Gasteiger partial charge is 0.463 e. The predicted octanol–water partition coefficient (Wildman–Crippen LogP) is 16.3. The normalized spacial score (nSPS) is 11.7. The third-order valence-corrected chi connectivity index (χ3v) is 10.8. The number of unbranched alkanes of at least 4 members (excludes halogenated alkanes) is 35. The van der Waals surface area contributed by atoms with Crippen molar-refractivity contribution in [2.45, 2.75) is 271 Å². The van der Waals surface area contributed by atoms with Crippen LogP contribution in [0.15, 0.2) is 11.6 Å². The Morgan fingerprint density at radius 2 is 0.577 bits per heavy atom. The Kier molecular flexibility index (Phi) is 43.0. The van der Waals surface area contributed by atoms with Crippen LogP contribution in [0.2, 0.25) is 0 Å². The molecule has 0 fully saturated rings. The van der Waals surface area contributed by atoms with Gasteiger partial charge in [-0.3, -0.25) is 0 Å². The average Bonchev–Trinajstić information content (AvgIpc) is 3.14. The summed E-state index contributed by atoms with van der Waals surface area (Å²) in [6.07, 6.45) is 51.1. The zero-order valence-electron chi connectivity index (χ0n) is 35.7. The summed E-state index contributed by atoms with van der Waals surface area (Å²) >= 11 is 0. The summed E-state index contributed by atoms with van der Waals surface area (Å²) in [6.45, 7) is 7.71. The van der Waals surface area contributed by atoms with Crippen molar-refractivity contribution in [3.8, 4) is 0 Å². The van der Waals surface area contributed by atoms with Crippen LogP contribution in [0, 0.1) is 0 Å². The molecular weight excluding hydrogens is 641 g/mol. The fraction of sp³-hybridized carbons (Fsp3) is 0.917. The molecule has 52 heavy (non-hydrogen) atoms. The van der Waals surface area contributed by atoms with Crippen molar-refractivity contribution >= 4 is 11.9 Å². The average molecular weight is 733 g/mol. The Balaban J connectivity index is 4.23. The van der Waals surface area contributed by atoms with Gasteiger partial charge in [0.25, 0.3) is 0 Å². The third-order valence-electron chi connectivity index (χ3n) is 10.8. The summed E-state index contributed by atoms with van der Waals surface area (Å²) in [5.74, 6) is -0.704. The molecule has 0 saturated heterocycles. The fourth-order valence-corrected chi connectivity index (χ4v) is 7.24. The standard InChI is InChI=1S/C48H92O4/c1-4-7-10-13-16-19-22-24-26-28-31-34-37-40-43-51-47(49)45-46(42-39-36-33-30-21-18-15-12-9-6-3)48(50)52-44-41-38-35-32-29-27-25-23-20-17-14-11-8-5-2/h45H,4-44H2,1-3H3/b46-45+. The highest BCUT2D eigenvalue weighted by Gasteiger charge is 2.14. The molecule has 0 rings (SSSR count). The minimum atomic E-state index is -0.384. The van der Waals surface area contributed by atoms with Gasteiger partial charge in [-0.25, -0.2) is 9.59 Å². The van der Waals surface area contributed by atoms with Crippen LogP contribution in [0.4, 0.5) is 0 Å². The molecule has 0 spiro atoms. The van der Waals surface area contributed by atoms with E-state index < -0.39 is 0 Å². The van der Waals surface area contributed by atoms with E-state index in [4.69, 9.17) is 9.47 Å². The van der Waals surface area contributed by atoms with Crippen LogP contribution in [-0.2, 0) is 19.1 Å². The fourth-order valence-electron chi connectivity index (χ4n) is 7.24. The monoisotopic (exact) mass is 733 g/mol. The van der Waals surface area contributed by atoms with E-state index in [1.165, 1.54) is 212 Å². The smallest absolute Gasteiger partial charge is 0.334 e. The van der Waals surface area contributed by atoms with Crippen molar-refractivity contribution in [3.05, 3.63) is 11.6 Å². The summed E-state index contributed by atoms with van der Waals surface area (Å²) < 4.78 is 11.2. The highest BCUT2D eigenvalue weighted by molar-refractivity contribution is 5.96. The van der Waals surface area contributed by atoms with E-state index in [2.05, 4.69) is 20.8 Å². The van der Waals surface area contributed by atoms with Crippen LogP contribution in [0.1, 0.15) is 271 Å². The first-order valence-electron chi connectivity index (χ1n) is 23.7. The number of carbonyl (C=O) groups excluding carboxylic acids is 2. The van der Waals surface area contributed by atoms with Crippen molar-refractivity contribution in [1.29, 1.82) is 0 Å². The lowest BCUT2D eigenvalue weighted by Crippen LogP contribution is -2.12. The van der Waals surface area contributed by atoms with Gasteiger partial charge in [-0.15, -0.1) is 0 Å². The molecule has 0 aliphatic heterocycles.